The maximum atomic E-state index is 14.0. The maximum absolute atomic E-state index is 14.0. The first kappa shape index (κ1) is 17.1. The number of carbonyl (C=O) groups is 1. The van der Waals surface area contributed by atoms with Gasteiger partial charge in [-0.25, -0.2) is 14.3 Å². The minimum Gasteiger partial charge on any atom is -0.289 e. The van der Waals surface area contributed by atoms with Gasteiger partial charge < -0.3 is 0 Å². The van der Waals surface area contributed by atoms with E-state index in [4.69, 9.17) is 5.21 Å². The van der Waals surface area contributed by atoms with Gasteiger partial charge in [0.2, 0.25) is 5.91 Å². The highest BCUT2D eigenvalue weighted by atomic mass is 19.3. The number of hydrogen-bond acceptors (Lipinski definition) is 2. The van der Waals surface area contributed by atoms with Crippen LogP contribution >= 0.6 is 0 Å². The minimum atomic E-state index is -2.82. The van der Waals surface area contributed by atoms with Crippen LogP contribution in [0.15, 0.2) is 54.6 Å². The molecule has 1 amide bonds. The highest BCUT2D eigenvalue weighted by Gasteiger charge is 2.30. The lowest BCUT2D eigenvalue weighted by atomic mass is 9.99. The quantitative estimate of drug-likeness (QED) is 0.601. The Kier molecular flexibility index (Phi) is 5.82. The summed E-state index contributed by atoms with van der Waals surface area (Å²) < 4.78 is 28.1. The van der Waals surface area contributed by atoms with E-state index in [1.165, 1.54) is 12.1 Å². The summed E-state index contributed by atoms with van der Waals surface area (Å²) in [4.78, 5) is 11.0. The lowest BCUT2D eigenvalue weighted by Crippen LogP contribution is -2.20. The number of halogens is 2. The number of amides is 1. The fourth-order valence-electron chi connectivity index (χ4n) is 2.39. The number of alkyl halides is 2. The fraction of sp³-hybridized carbons (Fsp3) is 0.278. The molecule has 0 fully saturated rings. The van der Waals surface area contributed by atoms with Gasteiger partial charge in [0.1, 0.15) is 0 Å². The second kappa shape index (κ2) is 7.83. The zero-order valence-corrected chi connectivity index (χ0v) is 12.6. The predicted molar refractivity (Wildman–Crippen MR) is 83.3 cm³/mol. The Balaban J connectivity index is 1.85. The van der Waals surface area contributed by atoms with Crippen molar-refractivity contribution in [3.8, 4) is 0 Å². The van der Waals surface area contributed by atoms with Crippen LogP contribution in [0, 0.1) is 0 Å². The van der Waals surface area contributed by atoms with E-state index in [1.807, 2.05) is 12.1 Å². The molecular weight excluding hydrogens is 300 g/mol. The molecule has 0 unspecified atom stereocenters. The number of hydroxylamine groups is 1. The lowest BCUT2D eigenvalue weighted by Gasteiger charge is -2.16. The highest BCUT2D eigenvalue weighted by molar-refractivity contribution is 5.77. The molecule has 122 valence electrons. The smallest absolute Gasteiger partial charge is 0.273 e. The van der Waals surface area contributed by atoms with Gasteiger partial charge >= 0.3 is 0 Å². The Morgan fingerprint density at radius 2 is 1.61 bits per heavy atom. The Morgan fingerprint density at radius 3 is 2.22 bits per heavy atom. The molecule has 2 aromatic carbocycles. The summed E-state index contributed by atoms with van der Waals surface area (Å²) in [6.45, 7) is 0. The Hall–Kier alpha value is -2.27. The van der Waals surface area contributed by atoms with Gasteiger partial charge in [-0.2, -0.15) is 0 Å². The van der Waals surface area contributed by atoms with Crippen LogP contribution in [-0.4, -0.2) is 11.1 Å². The number of benzene rings is 2. The average Bonchev–Trinajstić information content (AvgIpc) is 2.57. The molecule has 2 aromatic rings. The summed E-state index contributed by atoms with van der Waals surface area (Å²) >= 11 is 0. The Morgan fingerprint density at radius 1 is 1.00 bits per heavy atom. The molecule has 0 saturated heterocycles. The molecule has 0 aliphatic heterocycles. The van der Waals surface area contributed by atoms with Crippen molar-refractivity contribution in [2.45, 2.75) is 31.6 Å². The lowest BCUT2D eigenvalue weighted by molar-refractivity contribution is -0.128. The molecule has 0 bridgehead atoms. The second-order valence-electron chi connectivity index (χ2n) is 5.45. The number of nitrogens with one attached hydrogen (secondary N) is 1. The molecule has 0 aliphatic carbocycles. The monoisotopic (exact) mass is 319 g/mol. The predicted octanol–water partition coefficient (Wildman–Crippen LogP) is 3.85. The van der Waals surface area contributed by atoms with Gasteiger partial charge in [-0.1, -0.05) is 54.6 Å². The maximum Gasteiger partial charge on any atom is 0.273 e. The first-order valence-electron chi connectivity index (χ1n) is 7.45. The van der Waals surface area contributed by atoms with E-state index in [2.05, 4.69) is 0 Å². The van der Waals surface area contributed by atoms with E-state index in [9.17, 15) is 13.6 Å². The van der Waals surface area contributed by atoms with Crippen molar-refractivity contribution < 1.29 is 18.8 Å². The van der Waals surface area contributed by atoms with E-state index in [-0.39, 0.29) is 18.4 Å². The number of rotatable bonds is 7. The first-order valence-corrected chi connectivity index (χ1v) is 7.45. The molecule has 0 atom stereocenters. The molecule has 3 nitrogen and oxygen atoms in total. The third-order valence-corrected chi connectivity index (χ3v) is 3.66. The van der Waals surface area contributed by atoms with Crippen LogP contribution < -0.4 is 5.48 Å². The summed E-state index contributed by atoms with van der Waals surface area (Å²) in [5, 5.41) is 8.47. The van der Waals surface area contributed by atoms with Crippen LogP contribution in [0.25, 0.3) is 0 Å². The van der Waals surface area contributed by atoms with Crippen LogP contribution in [0.4, 0.5) is 8.78 Å². The van der Waals surface area contributed by atoms with E-state index in [1.54, 1.807) is 35.8 Å². The van der Waals surface area contributed by atoms with Crippen LogP contribution in [0.2, 0.25) is 0 Å². The molecule has 0 radical (unpaired) electrons. The number of carbonyl (C=O) groups excluding carboxylic acids is 1. The van der Waals surface area contributed by atoms with E-state index in [0.717, 1.165) is 11.1 Å². The summed E-state index contributed by atoms with van der Waals surface area (Å²) in [6, 6.07) is 15.0. The van der Waals surface area contributed by atoms with Crippen molar-refractivity contribution in [2.24, 2.45) is 0 Å². The van der Waals surface area contributed by atoms with Gasteiger partial charge in [0, 0.05) is 12.0 Å². The van der Waals surface area contributed by atoms with Gasteiger partial charge in [0.25, 0.3) is 5.92 Å². The van der Waals surface area contributed by atoms with Crippen LogP contribution in [0.5, 0.6) is 0 Å². The summed E-state index contributed by atoms with van der Waals surface area (Å²) in [5.74, 6) is -3.30. The van der Waals surface area contributed by atoms with Crippen molar-refractivity contribution in [3.05, 3.63) is 71.3 Å². The van der Waals surface area contributed by atoms with Crippen molar-refractivity contribution in [3.63, 3.8) is 0 Å². The van der Waals surface area contributed by atoms with Gasteiger partial charge in [-0.15, -0.1) is 0 Å². The topological polar surface area (TPSA) is 49.3 Å². The van der Waals surface area contributed by atoms with Crippen molar-refractivity contribution >= 4 is 5.91 Å². The van der Waals surface area contributed by atoms with Crippen molar-refractivity contribution in [2.75, 3.05) is 0 Å². The normalized spacial score (nSPS) is 11.3. The van der Waals surface area contributed by atoms with E-state index < -0.39 is 11.8 Å². The molecule has 2 N–H and O–H groups in total. The largest absolute Gasteiger partial charge is 0.289 e. The standard InChI is InChI=1S/C18H19F2NO2/c19-18(20,16-6-2-1-3-7-16)12-4-5-14-8-10-15(11-9-14)13-17(22)21-23/h1-3,6-11,23H,4-5,12-13H2,(H,21,22). The van der Waals surface area contributed by atoms with Gasteiger partial charge in [-0.05, 0) is 24.0 Å². The molecule has 5 heteroatoms. The number of aryl methyl sites for hydroxylation is 1. The Labute approximate surface area is 133 Å². The minimum absolute atomic E-state index is 0.0466. The van der Waals surface area contributed by atoms with Crippen LogP contribution in [-0.2, 0) is 23.6 Å². The molecule has 0 heterocycles. The summed E-state index contributed by atoms with van der Waals surface area (Å²) in [5.41, 5.74) is 3.32. The molecular formula is C18H19F2NO2. The van der Waals surface area contributed by atoms with E-state index in [0.29, 0.717) is 12.8 Å². The fourth-order valence-corrected chi connectivity index (χ4v) is 2.39. The number of hydrogen-bond donors (Lipinski definition) is 2. The molecule has 0 saturated carbocycles. The molecule has 0 aliphatic rings. The van der Waals surface area contributed by atoms with Crippen molar-refractivity contribution in [1.82, 2.24) is 5.48 Å². The van der Waals surface area contributed by atoms with Crippen LogP contribution in [0.3, 0.4) is 0 Å². The highest BCUT2D eigenvalue weighted by Crippen LogP contribution is 2.33. The molecule has 0 aromatic heterocycles. The van der Waals surface area contributed by atoms with Gasteiger partial charge in [-0.3, -0.25) is 10.0 Å². The third kappa shape index (κ3) is 5.14. The molecule has 23 heavy (non-hydrogen) atoms. The van der Waals surface area contributed by atoms with Crippen molar-refractivity contribution in [1.29, 1.82) is 0 Å². The first-order chi connectivity index (χ1) is 11.0. The summed E-state index contributed by atoms with van der Waals surface area (Å²) in [6.07, 6.45) is 0.807. The molecule has 2 rings (SSSR count). The summed E-state index contributed by atoms with van der Waals surface area (Å²) in [7, 11) is 0. The SMILES string of the molecule is O=C(Cc1ccc(CCCC(F)(F)c2ccccc2)cc1)NO. The van der Waals surface area contributed by atoms with Gasteiger partial charge in [0.15, 0.2) is 0 Å². The van der Waals surface area contributed by atoms with E-state index >= 15 is 0 Å². The zero-order valence-electron chi connectivity index (χ0n) is 12.6. The Bertz CT molecular complexity index is 627. The zero-order chi connectivity index (χ0) is 16.7. The van der Waals surface area contributed by atoms with Gasteiger partial charge in [0.05, 0.1) is 6.42 Å². The second-order valence-corrected chi connectivity index (χ2v) is 5.45. The van der Waals surface area contributed by atoms with Crippen LogP contribution in [0.1, 0.15) is 29.5 Å². The average molecular weight is 319 g/mol. The molecule has 0 spiro atoms. The third-order valence-electron chi connectivity index (χ3n) is 3.66.